The average molecular weight is 930 g/mol. The van der Waals surface area contributed by atoms with E-state index < -0.39 is 20.0 Å². The van der Waals surface area contributed by atoms with E-state index in [4.69, 9.17) is 9.05 Å². The molecule has 0 saturated carbocycles. The summed E-state index contributed by atoms with van der Waals surface area (Å²) in [5.41, 5.74) is 0. The molecule has 3 N–H and O–H groups in total. The fraction of sp³-hybridized carbons (Fsp3) is 0.982. The van der Waals surface area contributed by atoms with Crippen molar-refractivity contribution < 1.29 is 32.9 Å². The molecule has 0 aromatic carbocycles. The number of carbonyl (C=O) groups excluding carboxylic acids is 1. The van der Waals surface area contributed by atoms with Gasteiger partial charge in [0.1, 0.15) is 13.2 Å². The first-order chi connectivity index (χ1) is 31.0. The Kier molecular flexibility index (Phi) is 47.2. The molecule has 0 aromatic heterocycles. The van der Waals surface area contributed by atoms with Crippen molar-refractivity contribution in [3.05, 3.63) is 0 Å². The van der Waals surface area contributed by atoms with E-state index in [1.54, 1.807) is 0 Å². The molecule has 3 atom stereocenters. The van der Waals surface area contributed by atoms with Crippen molar-refractivity contribution in [3.63, 3.8) is 0 Å². The number of quaternary nitrogens is 1. The van der Waals surface area contributed by atoms with Gasteiger partial charge in [-0.2, -0.15) is 0 Å². The zero-order chi connectivity index (χ0) is 47.1. The minimum Gasteiger partial charge on any atom is -0.391 e. The molecule has 0 aliphatic carbocycles. The summed E-state index contributed by atoms with van der Waals surface area (Å²) in [5.74, 6) is -0.136. The van der Waals surface area contributed by atoms with Crippen LogP contribution in [-0.2, 0) is 18.4 Å². The van der Waals surface area contributed by atoms with Gasteiger partial charge in [-0.1, -0.05) is 277 Å². The lowest BCUT2D eigenvalue weighted by molar-refractivity contribution is -0.870. The fourth-order valence-electron chi connectivity index (χ4n) is 8.87. The Morgan fingerprint density at radius 2 is 0.750 bits per heavy atom. The van der Waals surface area contributed by atoms with Gasteiger partial charge in [0.25, 0.3) is 0 Å². The highest BCUT2D eigenvalue weighted by Gasteiger charge is 2.28. The Balaban J connectivity index is 4.08. The maximum atomic E-state index is 13.0. The smallest absolute Gasteiger partial charge is 0.391 e. The number of hydrogen-bond donors (Lipinski definition) is 3. The number of likely N-dealkylation sites (N-methyl/N-ethyl adjacent to an activating group) is 1. The number of amides is 1. The van der Waals surface area contributed by atoms with Crippen molar-refractivity contribution in [1.29, 1.82) is 0 Å². The molecule has 0 bridgehead atoms. The first-order valence-electron chi connectivity index (χ1n) is 28.4. The van der Waals surface area contributed by atoms with Crippen molar-refractivity contribution in [2.75, 3.05) is 40.9 Å². The van der Waals surface area contributed by atoms with E-state index in [1.807, 2.05) is 21.1 Å². The Morgan fingerprint density at radius 1 is 0.469 bits per heavy atom. The highest BCUT2D eigenvalue weighted by molar-refractivity contribution is 7.47. The van der Waals surface area contributed by atoms with E-state index in [9.17, 15) is 19.4 Å². The summed E-state index contributed by atoms with van der Waals surface area (Å²) < 4.78 is 23.8. The Bertz CT molecular complexity index is 1010. The van der Waals surface area contributed by atoms with Gasteiger partial charge in [-0.3, -0.25) is 13.8 Å². The number of unbranched alkanes of at least 4 members (excludes halogenated alkanes) is 40. The highest BCUT2D eigenvalue weighted by Crippen LogP contribution is 2.43. The second kappa shape index (κ2) is 47.6. The monoisotopic (exact) mass is 930 g/mol. The standard InChI is InChI=1S/C55H113N2O6P/c1-6-8-10-12-14-16-18-20-22-24-25-26-27-28-29-30-31-32-33-35-37-39-41-43-45-47-49-55(59)56-53(52-63-64(60,61)62-51-50-57(3,4)5)54(58)48-46-44-42-40-38-36-34-23-21-19-17-15-13-11-9-7-2/h53-54,58H,6-52H2,1-5H3,(H-,56,59,60,61)/p+1. The SMILES string of the molecule is CCCCCCCCCCCCCCCCCCCCCCCCCCCCC(=O)NC(COP(=O)(O)OCC[N+](C)(C)C)C(O)CCCCCCCCCCCCCCCCCC. The van der Waals surface area contributed by atoms with Crippen LogP contribution < -0.4 is 5.32 Å². The largest absolute Gasteiger partial charge is 0.472 e. The zero-order valence-electron chi connectivity index (χ0n) is 43.8. The number of phosphoric ester groups is 1. The normalized spacial score (nSPS) is 13.9. The molecule has 0 spiro atoms. The van der Waals surface area contributed by atoms with Crippen LogP contribution in [0.2, 0.25) is 0 Å². The van der Waals surface area contributed by atoms with E-state index >= 15 is 0 Å². The molecule has 0 radical (unpaired) electrons. The van der Waals surface area contributed by atoms with Crippen LogP contribution in [0, 0.1) is 0 Å². The molecule has 0 aliphatic rings. The van der Waals surface area contributed by atoms with E-state index in [0.717, 1.165) is 38.5 Å². The van der Waals surface area contributed by atoms with Gasteiger partial charge in [-0.25, -0.2) is 4.57 Å². The first-order valence-corrected chi connectivity index (χ1v) is 29.9. The second-order valence-electron chi connectivity index (χ2n) is 21.0. The minimum atomic E-state index is -4.31. The number of rotatable bonds is 53. The zero-order valence-corrected chi connectivity index (χ0v) is 44.7. The van der Waals surface area contributed by atoms with E-state index in [-0.39, 0.29) is 19.1 Å². The van der Waals surface area contributed by atoms with Gasteiger partial charge in [0.15, 0.2) is 0 Å². The van der Waals surface area contributed by atoms with Crippen LogP contribution in [-0.4, -0.2) is 73.4 Å². The average Bonchev–Trinajstić information content (AvgIpc) is 3.25. The second-order valence-corrected chi connectivity index (χ2v) is 22.5. The van der Waals surface area contributed by atoms with Gasteiger partial charge < -0.3 is 19.8 Å². The van der Waals surface area contributed by atoms with Crippen LogP contribution >= 0.6 is 7.82 Å². The predicted molar refractivity (Wildman–Crippen MR) is 277 cm³/mol. The molecule has 3 unspecified atom stereocenters. The van der Waals surface area contributed by atoms with E-state index in [2.05, 4.69) is 19.2 Å². The molecule has 0 rings (SSSR count). The summed E-state index contributed by atoms with van der Waals surface area (Å²) in [6.45, 7) is 4.94. The summed E-state index contributed by atoms with van der Waals surface area (Å²) >= 11 is 0. The summed E-state index contributed by atoms with van der Waals surface area (Å²) in [7, 11) is 1.64. The van der Waals surface area contributed by atoms with Crippen molar-refractivity contribution in [2.45, 2.75) is 309 Å². The fourth-order valence-corrected chi connectivity index (χ4v) is 9.61. The third kappa shape index (κ3) is 49.4. The van der Waals surface area contributed by atoms with Crippen molar-refractivity contribution in [2.24, 2.45) is 0 Å². The van der Waals surface area contributed by atoms with Crippen molar-refractivity contribution >= 4 is 13.7 Å². The first kappa shape index (κ1) is 63.5. The molecule has 384 valence electrons. The topological polar surface area (TPSA) is 105 Å². The van der Waals surface area contributed by atoms with Gasteiger partial charge in [-0.05, 0) is 12.8 Å². The third-order valence-electron chi connectivity index (χ3n) is 13.4. The number of nitrogens with zero attached hydrogens (tertiary/aromatic N) is 1. The van der Waals surface area contributed by atoms with E-state index in [0.29, 0.717) is 23.9 Å². The molecule has 9 heteroatoms. The minimum absolute atomic E-state index is 0.0790. The molecule has 8 nitrogen and oxygen atoms in total. The maximum absolute atomic E-state index is 13.0. The van der Waals surface area contributed by atoms with Gasteiger partial charge in [0.2, 0.25) is 5.91 Å². The lowest BCUT2D eigenvalue weighted by Crippen LogP contribution is -2.46. The van der Waals surface area contributed by atoms with Gasteiger partial charge in [0, 0.05) is 6.42 Å². The molecule has 64 heavy (non-hydrogen) atoms. The molecular formula is C55H114N2O6P+. The Morgan fingerprint density at radius 3 is 1.05 bits per heavy atom. The van der Waals surface area contributed by atoms with Crippen LogP contribution in [0.15, 0.2) is 0 Å². The summed E-state index contributed by atoms with van der Waals surface area (Å²) in [6, 6.07) is -0.754. The van der Waals surface area contributed by atoms with Crippen LogP contribution in [0.4, 0.5) is 0 Å². The van der Waals surface area contributed by atoms with Crippen LogP contribution in [0.1, 0.15) is 296 Å². The van der Waals surface area contributed by atoms with Crippen LogP contribution in [0.5, 0.6) is 0 Å². The van der Waals surface area contributed by atoms with Gasteiger partial charge in [-0.15, -0.1) is 0 Å². The van der Waals surface area contributed by atoms with Crippen LogP contribution in [0.25, 0.3) is 0 Å². The van der Waals surface area contributed by atoms with Crippen LogP contribution in [0.3, 0.4) is 0 Å². The van der Waals surface area contributed by atoms with Crippen molar-refractivity contribution in [1.82, 2.24) is 5.32 Å². The third-order valence-corrected chi connectivity index (χ3v) is 14.3. The van der Waals surface area contributed by atoms with Gasteiger partial charge >= 0.3 is 7.82 Å². The number of nitrogens with one attached hydrogen (secondary N) is 1. The van der Waals surface area contributed by atoms with Crippen molar-refractivity contribution in [3.8, 4) is 0 Å². The number of hydrogen-bond acceptors (Lipinski definition) is 5. The number of aliphatic hydroxyl groups excluding tert-OH is 1. The molecule has 0 aliphatic heterocycles. The highest BCUT2D eigenvalue weighted by atomic mass is 31.2. The predicted octanol–water partition coefficient (Wildman–Crippen LogP) is 16.9. The lowest BCUT2D eigenvalue weighted by atomic mass is 10.0. The summed E-state index contributed by atoms with van der Waals surface area (Å²) in [4.78, 5) is 23.3. The quantitative estimate of drug-likeness (QED) is 0.0319. The number of aliphatic hydroxyl groups is 1. The molecule has 0 aromatic rings. The Labute approximate surface area is 399 Å². The lowest BCUT2D eigenvalue weighted by Gasteiger charge is -2.26. The van der Waals surface area contributed by atoms with Gasteiger partial charge in [0.05, 0.1) is 39.9 Å². The summed E-state index contributed by atoms with van der Waals surface area (Å²) in [6.07, 6.45) is 55.8. The molecular weight excluding hydrogens is 816 g/mol. The molecule has 0 fully saturated rings. The Hall–Kier alpha value is -0.500. The number of phosphoric acid groups is 1. The molecule has 1 amide bonds. The molecule has 0 saturated heterocycles. The number of carbonyl (C=O) groups is 1. The summed E-state index contributed by atoms with van der Waals surface area (Å²) in [5, 5.41) is 14.1. The van der Waals surface area contributed by atoms with E-state index in [1.165, 1.54) is 231 Å². The maximum Gasteiger partial charge on any atom is 0.472 e. The molecule has 0 heterocycles.